The van der Waals surface area contributed by atoms with Crippen molar-refractivity contribution in [1.82, 2.24) is 29.9 Å². The van der Waals surface area contributed by atoms with E-state index in [1.165, 1.54) is 17.4 Å². The highest BCUT2D eigenvalue weighted by Crippen LogP contribution is 2.39. The number of aromatic amines is 2. The molecule has 2 aromatic carbocycles. The molecule has 4 aromatic rings. The monoisotopic (exact) mass is 459 g/mol. The van der Waals surface area contributed by atoms with Gasteiger partial charge in [-0.2, -0.15) is 10.2 Å². The van der Waals surface area contributed by atoms with E-state index in [9.17, 15) is 9.90 Å². The van der Waals surface area contributed by atoms with Crippen molar-refractivity contribution in [1.29, 1.82) is 0 Å². The van der Waals surface area contributed by atoms with Crippen LogP contribution in [0.2, 0.25) is 0 Å². The third-order valence-electron chi connectivity index (χ3n) is 7.35. The van der Waals surface area contributed by atoms with Gasteiger partial charge in [-0.15, -0.1) is 0 Å². The van der Waals surface area contributed by atoms with Crippen molar-refractivity contribution in [3.8, 4) is 22.8 Å². The summed E-state index contributed by atoms with van der Waals surface area (Å²) >= 11 is 0. The fraction of sp³-hybridized carbons (Fsp3) is 0.400. The molecule has 176 valence electrons. The van der Waals surface area contributed by atoms with Crippen molar-refractivity contribution in [3.63, 3.8) is 0 Å². The van der Waals surface area contributed by atoms with E-state index in [1.54, 1.807) is 6.07 Å². The van der Waals surface area contributed by atoms with Gasteiger partial charge in [0.2, 0.25) is 0 Å². The van der Waals surface area contributed by atoms with Gasteiger partial charge >= 0.3 is 5.69 Å². The quantitative estimate of drug-likeness (QED) is 0.433. The maximum Gasteiger partial charge on any atom is 0.348 e. The van der Waals surface area contributed by atoms with Gasteiger partial charge in [0.15, 0.2) is 5.82 Å². The molecule has 0 radical (unpaired) electrons. The maximum atomic E-state index is 12.8. The number of phenolic OH excluding ortho intramolecular Hbond substituents is 1. The number of anilines is 1. The molecule has 0 spiro atoms. The van der Waals surface area contributed by atoms with Gasteiger partial charge in [0.05, 0.1) is 16.8 Å². The van der Waals surface area contributed by atoms with Crippen molar-refractivity contribution in [3.05, 3.63) is 52.6 Å². The molecule has 9 heteroatoms. The highest BCUT2D eigenvalue weighted by molar-refractivity contribution is 5.89. The molecule has 1 saturated carbocycles. The molecule has 34 heavy (non-hydrogen) atoms. The number of rotatable bonds is 4. The number of hydrogen-bond donors (Lipinski definition) is 3. The van der Waals surface area contributed by atoms with Crippen molar-refractivity contribution in [2.45, 2.75) is 31.6 Å². The molecule has 0 atom stereocenters. The smallest absolute Gasteiger partial charge is 0.348 e. The second-order valence-electron chi connectivity index (χ2n) is 9.50. The second kappa shape index (κ2) is 8.32. The maximum absolute atomic E-state index is 12.8. The third-order valence-corrected chi connectivity index (χ3v) is 7.35. The van der Waals surface area contributed by atoms with Crippen LogP contribution in [0.1, 0.15) is 37.3 Å². The van der Waals surface area contributed by atoms with Gasteiger partial charge < -0.3 is 14.9 Å². The summed E-state index contributed by atoms with van der Waals surface area (Å²) < 4.78 is 1.52. The molecule has 9 nitrogen and oxygen atoms in total. The number of aromatic nitrogens is 5. The molecule has 3 N–H and O–H groups in total. The lowest BCUT2D eigenvalue weighted by molar-refractivity contribution is 0.313. The fourth-order valence-electron chi connectivity index (χ4n) is 5.37. The molecule has 6 rings (SSSR count). The van der Waals surface area contributed by atoms with Crippen molar-refractivity contribution < 1.29 is 5.11 Å². The Hall–Kier alpha value is -3.59. The molecule has 0 amide bonds. The minimum absolute atomic E-state index is 0.0475. The number of piperazine rings is 1. The molecule has 2 fully saturated rings. The van der Waals surface area contributed by atoms with E-state index in [1.807, 2.05) is 30.3 Å². The molecule has 1 aliphatic heterocycles. The van der Waals surface area contributed by atoms with Gasteiger partial charge in [-0.1, -0.05) is 12.8 Å². The van der Waals surface area contributed by atoms with E-state index < -0.39 is 0 Å². The Bertz CT molecular complexity index is 1370. The lowest BCUT2D eigenvalue weighted by Gasteiger charge is -2.34. The van der Waals surface area contributed by atoms with Crippen LogP contribution in [0.5, 0.6) is 5.75 Å². The molecular formula is C25H29N7O2. The third kappa shape index (κ3) is 3.56. The number of phenols is 1. The van der Waals surface area contributed by atoms with Crippen LogP contribution in [0, 0.1) is 0 Å². The molecule has 0 unspecified atom stereocenters. The number of hydrogen-bond acceptors (Lipinski definition) is 6. The van der Waals surface area contributed by atoms with E-state index in [-0.39, 0.29) is 11.4 Å². The van der Waals surface area contributed by atoms with E-state index in [2.05, 4.69) is 37.2 Å². The second-order valence-corrected chi connectivity index (χ2v) is 9.50. The Morgan fingerprint density at radius 3 is 2.38 bits per heavy atom. The summed E-state index contributed by atoms with van der Waals surface area (Å²) in [4.78, 5) is 17.4. The van der Waals surface area contributed by atoms with E-state index >= 15 is 0 Å². The van der Waals surface area contributed by atoms with Crippen LogP contribution in [-0.2, 0) is 0 Å². The van der Waals surface area contributed by atoms with Crippen LogP contribution in [0.25, 0.3) is 28.0 Å². The zero-order valence-electron chi connectivity index (χ0n) is 19.3. The first-order chi connectivity index (χ1) is 16.6. The highest BCUT2D eigenvalue weighted by Gasteiger charge is 2.24. The summed E-state index contributed by atoms with van der Waals surface area (Å²) in [7, 11) is 2.14. The molecule has 3 heterocycles. The largest absolute Gasteiger partial charge is 0.507 e. The van der Waals surface area contributed by atoms with Gasteiger partial charge in [-0.05, 0) is 50.2 Å². The predicted octanol–water partition coefficient (Wildman–Crippen LogP) is 3.22. The van der Waals surface area contributed by atoms with Crippen molar-refractivity contribution in [2.75, 3.05) is 38.1 Å². The number of likely N-dealkylation sites (N-methyl/N-ethyl adjacent to an activating group) is 1. The van der Waals surface area contributed by atoms with Crippen molar-refractivity contribution >= 4 is 16.6 Å². The average molecular weight is 460 g/mol. The van der Waals surface area contributed by atoms with Crippen LogP contribution in [0.3, 0.4) is 0 Å². The number of H-pyrrole nitrogens is 2. The zero-order valence-corrected chi connectivity index (χ0v) is 19.3. The Morgan fingerprint density at radius 1 is 0.941 bits per heavy atom. The zero-order chi connectivity index (χ0) is 23.2. The predicted molar refractivity (Wildman–Crippen MR) is 132 cm³/mol. The van der Waals surface area contributed by atoms with Gasteiger partial charge in [-0.3, -0.25) is 5.10 Å². The molecule has 1 saturated heterocycles. The lowest BCUT2D eigenvalue weighted by Crippen LogP contribution is -2.44. The normalized spacial score (nSPS) is 17.7. The first kappa shape index (κ1) is 21.0. The summed E-state index contributed by atoms with van der Waals surface area (Å²) in [5.74, 6) is 0.882. The standard InChI is InChI=1S/C25H29N7O2/c1-30-10-12-31(13-11-30)17-6-8-18(9-7-17)32-24(28-29-25(32)34)20-14-19-21(15-22(20)33)26-27-23(19)16-4-2-3-5-16/h6-9,14-16,33H,2-5,10-13H2,1H3,(H,26,27)(H,29,34). The number of aromatic hydroxyl groups is 1. The topological polar surface area (TPSA) is 106 Å². The minimum atomic E-state index is -0.343. The number of fused-ring (bicyclic) bond motifs is 1. The Balaban J connectivity index is 1.38. The van der Waals surface area contributed by atoms with Gasteiger partial charge in [0.1, 0.15) is 5.75 Å². The summed E-state index contributed by atoms with van der Waals surface area (Å²) in [5, 5.41) is 26.2. The molecule has 2 aromatic heterocycles. The first-order valence-electron chi connectivity index (χ1n) is 12.0. The fourth-order valence-corrected chi connectivity index (χ4v) is 5.37. The first-order valence-corrected chi connectivity index (χ1v) is 12.0. The summed E-state index contributed by atoms with van der Waals surface area (Å²) in [6, 6.07) is 11.5. The van der Waals surface area contributed by atoms with Gasteiger partial charge in [-0.25, -0.2) is 14.5 Å². The summed E-state index contributed by atoms with van der Waals surface area (Å²) in [6.07, 6.45) is 4.72. The van der Waals surface area contributed by atoms with Gasteiger partial charge in [0.25, 0.3) is 0 Å². The van der Waals surface area contributed by atoms with E-state index in [4.69, 9.17) is 0 Å². The van der Waals surface area contributed by atoms with Crippen LogP contribution in [0.4, 0.5) is 5.69 Å². The number of nitrogens with zero attached hydrogens (tertiary/aromatic N) is 5. The Kier molecular flexibility index (Phi) is 5.13. The number of benzene rings is 2. The summed E-state index contributed by atoms with van der Waals surface area (Å²) in [5.41, 5.74) is 3.84. The van der Waals surface area contributed by atoms with Crippen LogP contribution >= 0.6 is 0 Å². The van der Waals surface area contributed by atoms with Crippen LogP contribution < -0.4 is 10.6 Å². The number of nitrogens with one attached hydrogen (secondary N) is 2. The molecule has 1 aliphatic carbocycles. The minimum Gasteiger partial charge on any atom is -0.507 e. The average Bonchev–Trinajstić information content (AvgIpc) is 3.59. The molecular weight excluding hydrogens is 430 g/mol. The Labute approximate surface area is 197 Å². The highest BCUT2D eigenvalue weighted by atomic mass is 16.3. The van der Waals surface area contributed by atoms with Crippen molar-refractivity contribution in [2.24, 2.45) is 0 Å². The van der Waals surface area contributed by atoms with Gasteiger partial charge in [0, 0.05) is 54.9 Å². The van der Waals surface area contributed by atoms with Crippen LogP contribution in [-0.4, -0.2) is 68.2 Å². The molecule has 0 bridgehead atoms. The van der Waals surface area contributed by atoms with Crippen LogP contribution in [0.15, 0.2) is 41.2 Å². The molecule has 2 aliphatic rings. The Morgan fingerprint density at radius 2 is 1.65 bits per heavy atom. The summed E-state index contributed by atoms with van der Waals surface area (Å²) in [6.45, 7) is 4.03. The van der Waals surface area contributed by atoms with E-state index in [0.717, 1.165) is 61.3 Å². The lowest BCUT2D eigenvalue weighted by atomic mass is 9.99. The van der Waals surface area contributed by atoms with E-state index in [0.29, 0.717) is 23.0 Å². The SMILES string of the molecule is CN1CCN(c2ccc(-n3c(-c4cc5c(C6CCCC6)[nH]nc5cc4O)n[nH]c3=O)cc2)CC1.